The number of aromatic nitrogens is 4. The van der Waals surface area contributed by atoms with Crippen molar-refractivity contribution >= 4 is 23.1 Å². The summed E-state index contributed by atoms with van der Waals surface area (Å²) in [6.45, 7) is 4.92. The van der Waals surface area contributed by atoms with E-state index in [1.54, 1.807) is 18.4 Å². The van der Waals surface area contributed by atoms with Gasteiger partial charge in [-0.05, 0) is 13.8 Å². The molecule has 4 rings (SSSR count). The van der Waals surface area contributed by atoms with Gasteiger partial charge < -0.3 is 24.7 Å². The third-order valence-electron chi connectivity index (χ3n) is 4.30. The van der Waals surface area contributed by atoms with E-state index >= 15 is 0 Å². The van der Waals surface area contributed by atoms with Crippen molar-refractivity contribution in [2.75, 3.05) is 12.3 Å². The van der Waals surface area contributed by atoms with Crippen LogP contribution in [0.4, 0.5) is 5.95 Å². The summed E-state index contributed by atoms with van der Waals surface area (Å²) in [5.74, 6) is -1.27. The topological polar surface area (TPSA) is 144 Å². The second kappa shape index (κ2) is 5.76. The summed E-state index contributed by atoms with van der Waals surface area (Å²) in [6, 6.07) is 0. The number of nitrogen functional groups attached to an aromatic ring is 1. The van der Waals surface area contributed by atoms with Gasteiger partial charge in [-0.15, -0.1) is 0 Å². The first-order valence-electron chi connectivity index (χ1n) is 8.12. The number of fused-ring (bicyclic) bond motifs is 2. The maximum Gasteiger partial charge on any atom is 0.302 e. The molecule has 3 N–H and O–H groups in total. The molecule has 0 spiro atoms. The SMILES string of the molecule is CC(=O)OC[C@H]1OC(n2cnc3c(=O)[nH]c(N)nc32)C2OC(C)(C)O[C@@H]21. The van der Waals surface area contributed by atoms with E-state index in [1.807, 2.05) is 0 Å². The molecule has 11 nitrogen and oxygen atoms in total. The maximum absolute atomic E-state index is 12.0. The monoisotopic (exact) mass is 365 g/mol. The molecule has 0 amide bonds. The largest absolute Gasteiger partial charge is 0.463 e. The molecule has 140 valence electrons. The van der Waals surface area contributed by atoms with Crippen LogP contribution in [0.3, 0.4) is 0 Å². The highest BCUT2D eigenvalue weighted by atomic mass is 16.8. The van der Waals surface area contributed by atoms with Gasteiger partial charge in [0.05, 0.1) is 6.33 Å². The predicted octanol–water partition coefficient (Wildman–Crippen LogP) is -0.318. The van der Waals surface area contributed by atoms with Crippen molar-refractivity contribution < 1.29 is 23.7 Å². The normalized spacial score (nSPS) is 29.8. The molecule has 2 aromatic rings. The first-order chi connectivity index (χ1) is 12.2. The van der Waals surface area contributed by atoms with Crippen LogP contribution in [-0.2, 0) is 23.7 Å². The number of H-pyrrole nitrogens is 1. The van der Waals surface area contributed by atoms with Crippen LogP contribution in [-0.4, -0.2) is 56.2 Å². The van der Waals surface area contributed by atoms with Crippen LogP contribution in [0.5, 0.6) is 0 Å². The van der Waals surface area contributed by atoms with Gasteiger partial charge in [0.1, 0.15) is 24.9 Å². The molecule has 2 aliphatic rings. The number of imidazole rings is 1. The number of esters is 1. The van der Waals surface area contributed by atoms with Crippen molar-refractivity contribution in [1.82, 2.24) is 19.5 Å². The smallest absolute Gasteiger partial charge is 0.302 e. The minimum absolute atomic E-state index is 0.0230. The lowest BCUT2D eigenvalue weighted by molar-refractivity contribution is -0.201. The number of carbonyl (C=O) groups is 1. The van der Waals surface area contributed by atoms with E-state index in [0.29, 0.717) is 0 Å². The third kappa shape index (κ3) is 2.73. The van der Waals surface area contributed by atoms with Crippen LogP contribution in [0, 0.1) is 0 Å². The van der Waals surface area contributed by atoms with Crippen molar-refractivity contribution in [1.29, 1.82) is 0 Å². The van der Waals surface area contributed by atoms with Gasteiger partial charge in [0.25, 0.3) is 5.56 Å². The zero-order valence-electron chi connectivity index (χ0n) is 14.5. The third-order valence-corrected chi connectivity index (χ3v) is 4.30. The van der Waals surface area contributed by atoms with Gasteiger partial charge in [-0.1, -0.05) is 0 Å². The Hall–Kier alpha value is -2.50. The van der Waals surface area contributed by atoms with E-state index in [1.165, 1.54) is 13.3 Å². The standard InChI is InChI=1S/C15H19N5O6/c1-6(21)23-4-7-9-10(26-15(2,3)25-9)13(24-7)20-5-17-8-11(20)18-14(16)19-12(8)22/h5,7,9-10,13H,4H2,1-3H3,(H3,16,18,19,22)/t7-,9-,10?,13?/m1/s1. The first kappa shape index (κ1) is 16.9. The fraction of sp³-hybridized carbons (Fsp3) is 0.600. The second-order valence-corrected chi connectivity index (χ2v) is 6.71. The number of ether oxygens (including phenoxy) is 4. The molecule has 2 fully saturated rings. The van der Waals surface area contributed by atoms with Crippen molar-refractivity contribution in [2.24, 2.45) is 0 Å². The van der Waals surface area contributed by atoms with Gasteiger partial charge >= 0.3 is 5.97 Å². The average Bonchev–Trinajstić information content (AvgIpc) is 3.16. The van der Waals surface area contributed by atoms with Crippen LogP contribution in [0.2, 0.25) is 0 Å². The molecule has 0 aliphatic carbocycles. The van der Waals surface area contributed by atoms with Crippen molar-refractivity contribution in [3.63, 3.8) is 0 Å². The Labute approximate surface area is 147 Å². The molecule has 2 unspecified atom stereocenters. The zero-order valence-corrected chi connectivity index (χ0v) is 14.5. The maximum atomic E-state index is 12.0. The molecule has 2 saturated heterocycles. The molecule has 2 aliphatic heterocycles. The molecule has 0 aromatic carbocycles. The molecular weight excluding hydrogens is 346 g/mol. The molecular formula is C15H19N5O6. The number of anilines is 1. The molecule has 4 atom stereocenters. The summed E-state index contributed by atoms with van der Waals surface area (Å²) in [6.07, 6.45) is -0.707. The molecule has 26 heavy (non-hydrogen) atoms. The summed E-state index contributed by atoms with van der Waals surface area (Å²) in [5.41, 5.74) is 5.62. The Bertz CT molecular complexity index is 921. The summed E-state index contributed by atoms with van der Waals surface area (Å²) < 4.78 is 24.6. The Balaban J connectivity index is 1.72. The molecule has 0 radical (unpaired) electrons. The number of aromatic amines is 1. The van der Waals surface area contributed by atoms with Gasteiger partial charge in [-0.3, -0.25) is 19.1 Å². The molecule has 0 bridgehead atoms. The van der Waals surface area contributed by atoms with E-state index in [-0.39, 0.29) is 23.7 Å². The number of hydrogen-bond acceptors (Lipinski definition) is 9. The van der Waals surface area contributed by atoms with Gasteiger partial charge in [0.15, 0.2) is 23.2 Å². The highest BCUT2D eigenvalue weighted by Gasteiger charge is 2.56. The first-order valence-corrected chi connectivity index (χ1v) is 8.12. The number of hydrogen-bond donors (Lipinski definition) is 2. The Morgan fingerprint density at radius 2 is 2.15 bits per heavy atom. The van der Waals surface area contributed by atoms with Crippen LogP contribution < -0.4 is 11.3 Å². The van der Waals surface area contributed by atoms with E-state index in [4.69, 9.17) is 24.7 Å². The number of nitrogens with one attached hydrogen (secondary N) is 1. The van der Waals surface area contributed by atoms with Crippen LogP contribution in [0.25, 0.3) is 11.2 Å². The summed E-state index contributed by atoms with van der Waals surface area (Å²) >= 11 is 0. The van der Waals surface area contributed by atoms with Crippen molar-refractivity contribution in [2.45, 2.75) is 51.1 Å². The Morgan fingerprint density at radius 1 is 1.42 bits per heavy atom. The molecule has 11 heteroatoms. The van der Waals surface area contributed by atoms with Gasteiger partial charge in [0.2, 0.25) is 5.95 Å². The lowest BCUT2D eigenvalue weighted by Gasteiger charge is -2.24. The van der Waals surface area contributed by atoms with E-state index in [2.05, 4.69) is 15.0 Å². The molecule has 0 saturated carbocycles. The lowest BCUT2D eigenvalue weighted by atomic mass is 10.1. The Kier molecular flexibility index (Phi) is 3.75. The van der Waals surface area contributed by atoms with Gasteiger partial charge in [-0.25, -0.2) is 4.98 Å². The number of nitrogens with two attached hydrogens (primary N) is 1. The molecule has 4 heterocycles. The highest BCUT2D eigenvalue weighted by molar-refractivity contribution is 5.70. The van der Waals surface area contributed by atoms with Crippen LogP contribution in [0.15, 0.2) is 11.1 Å². The van der Waals surface area contributed by atoms with E-state index < -0.39 is 41.9 Å². The van der Waals surface area contributed by atoms with Gasteiger partial charge in [-0.2, -0.15) is 4.98 Å². The molecule has 2 aromatic heterocycles. The van der Waals surface area contributed by atoms with Gasteiger partial charge in [0, 0.05) is 6.92 Å². The van der Waals surface area contributed by atoms with Crippen LogP contribution >= 0.6 is 0 Å². The van der Waals surface area contributed by atoms with Crippen LogP contribution in [0.1, 0.15) is 27.0 Å². The quantitative estimate of drug-likeness (QED) is 0.699. The second-order valence-electron chi connectivity index (χ2n) is 6.71. The van der Waals surface area contributed by atoms with E-state index in [9.17, 15) is 9.59 Å². The van der Waals surface area contributed by atoms with Crippen molar-refractivity contribution in [3.8, 4) is 0 Å². The summed E-state index contributed by atoms with van der Waals surface area (Å²) in [5, 5.41) is 0. The number of carbonyl (C=O) groups excluding carboxylic acids is 1. The lowest BCUT2D eigenvalue weighted by Crippen LogP contribution is -2.33. The summed E-state index contributed by atoms with van der Waals surface area (Å²) in [4.78, 5) is 33.8. The summed E-state index contributed by atoms with van der Waals surface area (Å²) in [7, 11) is 0. The predicted molar refractivity (Wildman–Crippen MR) is 86.9 cm³/mol. The Morgan fingerprint density at radius 3 is 2.88 bits per heavy atom. The average molecular weight is 365 g/mol. The number of rotatable bonds is 3. The fourth-order valence-corrected chi connectivity index (χ4v) is 3.35. The zero-order chi connectivity index (χ0) is 18.6. The highest BCUT2D eigenvalue weighted by Crippen LogP contribution is 2.43. The minimum Gasteiger partial charge on any atom is -0.463 e. The minimum atomic E-state index is -0.827. The number of nitrogens with zero attached hydrogens (tertiary/aromatic N) is 3. The fourth-order valence-electron chi connectivity index (χ4n) is 3.35. The van der Waals surface area contributed by atoms with E-state index in [0.717, 1.165) is 0 Å². The van der Waals surface area contributed by atoms with Crippen molar-refractivity contribution in [3.05, 3.63) is 16.7 Å².